The molecule has 1 heterocycles. The maximum atomic E-state index is 14.2. The maximum Gasteiger partial charge on any atom is 0.315 e. The van der Waals surface area contributed by atoms with Gasteiger partial charge in [-0.2, -0.15) is 0 Å². The molecule has 10 heteroatoms. The van der Waals surface area contributed by atoms with Crippen LogP contribution in [0.25, 0.3) is 0 Å². The molecule has 0 spiro atoms. The molecule has 1 saturated heterocycles. The summed E-state index contributed by atoms with van der Waals surface area (Å²) >= 11 is 0. The smallest absolute Gasteiger partial charge is 0.315 e. The zero-order valence-corrected chi connectivity index (χ0v) is 25.2. The largest absolute Gasteiger partial charge is 0.346 e. The molecule has 0 aromatic heterocycles. The molecule has 1 aliphatic heterocycles. The summed E-state index contributed by atoms with van der Waals surface area (Å²) in [6, 6.07) is -2.99. The molecule has 0 aromatic rings. The van der Waals surface area contributed by atoms with E-state index in [0.29, 0.717) is 13.0 Å². The van der Waals surface area contributed by atoms with Gasteiger partial charge in [-0.1, -0.05) is 52.2 Å². The van der Waals surface area contributed by atoms with Gasteiger partial charge in [0.25, 0.3) is 5.91 Å². The highest BCUT2D eigenvalue weighted by molar-refractivity contribution is 6.38. The third-order valence-corrected chi connectivity index (χ3v) is 9.35. The molecule has 6 atom stereocenters. The Morgan fingerprint density at radius 3 is 2.29 bits per heavy atom. The van der Waals surface area contributed by atoms with E-state index < -0.39 is 35.7 Å². The molecule has 2 unspecified atom stereocenters. The lowest BCUT2D eigenvalue weighted by molar-refractivity contribution is -0.144. The van der Waals surface area contributed by atoms with E-state index in [1.54, 1.807) is 11.0 Å². The number of piperidine rings is 1. The van der Waals surface area contributed by atoms with Crippen LogP contribution in [0.4, 0.5) is 4.79 Å². The first kappa shape index (κ1) is 32.3. The van der Waals surface area contributed by atoms with Crippen molar-refractivity contribution in [2.45, 2.75) is 103 Å². The van der Waals surface area contributed by atoms with E-state index in [2.05, 4.69) is 48.3 Å². The number of hydrogen-bond donors (Lipinski definition) is 4. The Balaban J connectivity index is 1.84. The molecule has 41 heavy (non-hydrogen) atoms. The first-order chi connectivity index (χ1) is 19.5. The first-order valence-electron chi connectivity index (χ1n) is 15.2. The number of ketones is 1. The highest BCUT2D eigenvalue weighted by Gasteiger charge is 2.69. The van der Waals surface area contributed by atoms with Crippen LogP contribution in [0, 0.1) is 23.2 Å². The van der Waals surface area contributed by atoms with Crippen LogP contribution in [-0.2, 0) is 19.2 Å². The number of hydrogen-bond acceptors (Lipinski definition) is 5. The van der Waals surface area contributed by atoms with Crippen LogP contribution in [0.15, 0.2) is 25.3 Å². The number of nitrogens with zero attached hydrogens (tertiary/aromatic N) is 1. The van der Waals surface area contributed by atoms with Crippen molar-refractivity contribution in [2.24, 2.45) is 23.2 Å². The summed E-state index contributed by atoms with van der Waals surface area (Å²) in [7, 11) is 0. The number of rotatable bonds is 14. The lowest BCUT2D eigenvalue weighted by atomic mass is 9.83. The summed E-state index contributed by atoms with van der Waals surface area (Å²) in [5.41, 5.74) is -0.136. The molecule has 2 saturated carbocycles. The third kappa shape index (κ3) is 7.57. The molecule has 228 valence electrons. The van der Waals surface area contributed by atoms with E-state index in [1.807, 2.05) is 13.8 Å². The van der Waals surface area contributed by atoms with Crippen molar-refractivity contribution in [3.05, 3.63) is 25.3 Å². The van der Waals surface area contributed by atoms with Crippen LogP contribution < -0.4 is 21.3 Å². The molecule has 10 nitrogen and oxygen atoms in total. The molecule has 3 aliphatic rings. The van der Waals surface area contributed by atoms with Gasteiger partial charge in [0, 0.05) is 19.1 Å². The zero-order valence-electron chi connectivity index (χ0n) is 25.2. The SMILES string of the molecule is C=CCCC(NC(=O)[C@@H]1[C@@H]2[C@H](CN1C(=O)[C@@H](NC(=O)NC(C)CC)C1CCCCC1)C2(C)C)C(=O)C(=O)NCC=C. The Morgan fingerprint density at radius 1 is 1.00 bits per heavy atom. The highest BCUT2D eigenvalue weighted by Crippen LogP contribution is 2.65. The number of Topliss-reactive ketones (excluding diaryl/α,β-unsaturated/α-hetero) is 1. The van der Waals surface area contributed by atoms with E-state index in [0.717, 1.165) is 38.5 Å². The molecule has 3 rings (SSSR count). The van der Waals surface area contributed by atoms with Crippen LogP contribution >= 0.6 is 0 Å². The van der Waals surface area contributed by atoms with Gasteiger partial charge in [-0.3, -0.25) is 19.2 Å². The van der Waals surface area contributed by atoms with Crippen molar-refractivity contribution < 1.29 is 24.0 Å². The van der Waals surface area contributed by atoms with Crippen molar-refractivity contribution >= 4 is 29.5 Å². The zero-order chi connectivity index (χ0) is 30.3. The monoisotopic (exact) mass is 571 g/mol. The van der Waals surface area contributed by atoms with E-state index in [4.69, 9.17) is 0 Å². The molecule has 0 bridgehead atoms. The van der Waals surface area contributed by atoms with Gasteiger partial charge in [0.1, 0.15) is 12.1 Å². The van der Waals surface area contributed by atoms with Crippen LogP contribution in [0.5, 0.6) is 0 Å². The number of nitrogens with one attached hydrogen (secondary N) is 4. The van der Waals surface area contributed by atoms with Gasteiger partial charge in [0.2, 0.25) is 17.6 Å². The van der Waals surface area contributed by atoms with Gasteiger partial charge < -0.3 is 26.2 Å². The molecule has 5 amide bonds. The van der Waals surface area contributed by atoms with Crippen LogP contribution in [0.3, 0.4) is 0 Å². The summed E-state index contributed by atoms with van der Waals surface area (Å²) in [5, 5.41) is 11.2. The fourth-order valence-electron chi connectivity index (χ4n) is 6.57. The summed E-state index contributed by atoms with van der Waals surface area (Å²) in [6.07, 6.45) is 9.26. The Labute approximate surface area is 244 Å². The van der Waals surface area contributed by atoms with Gasteiger partial charge in [0.15, 0.2) is 0 Å². The Morgan fingerprint density at radius 2 is 1.68 bits per heavy atom. The average Bonchev–Trinajstić information content (AvgIpc) is 3.27. The number of carbonyl (C=O) groups is 5. The minimum absolute atomic E-state index is 0.0111. The second kappa shape index (κ2) is 14.1. The van der Waals surface area contributed by atoms with Crippen molar-refractivity contribution in [2.75, 3.05) is 13.1 Å². The van der Waals surface area contributed by atoms with Crippen molar-refractivity contribution in [3.63, 3.8) is 0 Å². The van der Waals surface area contributed by atoms with E-state index in [1.165, 1.54) is 6.08 Å². The fraction of sp³-hybridized carbons (Fsp3) is 0.710. The molecule has 2 aliphatic carbocycles. The lowest BCUT2D eigenvalue weighted by Crippen LogP contribution is -2.60. The van der Waals surface area contributed by atoms with Gasteiger partial charge in [-0.15, -0.1) is 13.2 Å². The summed E-state index contributed by atoms with van der Waals surface area (Å²) in [5.74, 6) is -2.18. The molecular formula is C31H49N5O5. The van der Waals surface area contributed by atoms with Crippen LogP contribution in [0.1, 0.15) is 79.1 Å². The van der Waals surface area contributed by atoms with Crippen LogP contribution in [0.2, 0.25) is 0 Å². The number of allylic oxidation sites excluding steroid dienone is 1. The summed E-state index contributed by atoms with van der Waals surface area (Å²) < 4.78 is 0. The Kier molecular flexibility index (Phi) is 11.2. The molecule has 4 N–H and O–H groups in total. The summed E-state index contributed by atoms with van der Waals surface area (Å²) in [4.78, 5) is 67.9. The van der Waals surface area contributed by atoms with Crippen molar-refractivity contribution in [1.29, 1.82) is 0 Å². The number of fused-ring (bicyclic) bond motifs is 1. The Hall–Kier alpha value is -3.17. The third-order valence-electron chi connectivity index (χ3n) is 9.35. The van der Waals surface area contributed by atoms with Crippen LogP contribution in [-0.4, -0.2) is 71.7 Å². The van der Waals surface area contributed by atoms with Gasteiger partial charge >= 0.3 is 6.03 Å². The van der Waals surface area contributed by atoms with E-state index in [9.17, 15) is 24.0 Å². The highest BCUT2D eigenvalue weighted by atomic mass is 16.2. The number of carbonyl (C=O) groups excluding carboxylic acids is 5. The molecular weight excluding hydrogens is 522 g/mol. The standard InChI is InChI=1S/C31H49N5O5/c1-7-10-16-22(26(37)28(39)32-17-8-2)34-27(38)25-23-21(31(23,5)6)18-36(25)29(40)24(20-14-12-11-13-15-20)35-30(41)33-19(4)9-3/h7-8,19-25H,1-2,9-18H2,3-6H3,(H,32,39)(H,34,38)(H2,33,35,41)/t19?,21-,22?,23-,24-,25-/m0/s1. The lowest BCUT2D eigenvalue weighted by Gasteiger charge is -2.37. The second-order valence-corrected chi connectivity index (χ2v) is 12.5. The quantitative estimate of drug-likeness (QED) is 0.188. The Bertz CT molecular complexity index is 1020. The van der Waals surface area contributed by atoms with E-state index >= 15 is 0 Å². The first-order valence-corrected chi connectivity index (χ1v) is 15.2. The van der Waals surface area contributed by atoms with E-state index in [-0.39, 0.29) is 54.1 Å². The topological polar surface area (TPSA) is 137 Å². The second-order valence-electron chi connectivity index (χ2n) is 12.5. The van der Waals surface area contributed by atoms with Gasteiger partial charge in [0.05, 0.1) is 6.04 Å². The molecule has 3 fully saturated rings. The minimum Gasteiger partial charge on any atom is -0.346 e. The fourth-order valence-corrected chi connectivity index (χ4v) is 6.57. The van der Waals surface area contributed by atoms with Crippen molar-refractivity contribution in [1.82, 2.24) is 26.2 Å². The molecule has 0 radical (unpaired) electrons. The average molecular weight is 572 g/mol. The number of urea groups is 1. The van der Waals surface area contributed by atoms with Gasteiger partial charge in [-0.25, -0.2) is 4.79 Å². The minimum atomic E-state index is -1.04. The summed E-state index contributed by atoms with van der Waals surface area (Å²) in [6.45, 7) is 15.9. The normalized spacial score (nSPS) is 25.1. The number of amides is 5. The van der Waals surface area contributed by atoms with Gasteiger partial charge in [-0.05, 0) is 62.2 Å². The molecule has 0 aromatic carbocycles. The maximum absolute atomic E-state index is 14.2. The predicted octanol–water partition coefficient (Wildman–Crippen LogP) is 2.84. The number of likely N-dealkylation sites (tertiary alicyclic amines) is 1. The predicted molar refractivity (Wildman–Crippen MR) is 158 cm³/mol. The van der Waals surface area contributed by atoms with Crippen molar-refractivity contribution in [3.8, 4) is 0 Å².